The molecule has 0 bridgehead atoms. The van der Waals surface area contributed by atoms with Crippen molar-refractivity contribution in [1.82, 2.24) is 9.06 Å². The van der Waals surface area contributed by atoms with E-state index in [1.165, 1.54) is 18.2 Å². The molecule has 0 aliphatic heterocycles. The molecule has 0 aliphatic carbocycles. The van der Waals surface area contributed by atoms with E-state index in [9.17, 15) is 14.0 Å². The number of hydrogen-bond acceptors (Lipinski definition) is 3. The summed E-state index contributed by atoms with van der Waals surface area (Å²) in [6.07, 6.45) is 0.893. The second kappa shape index (κ2) is 10.2. The minimum absolute atomic E-state index is 0. The van der Waals surface area contributed by atoms with Crippen LogP contribution in [-0.4, -0.2) is 26.3 Å². The maximum Gasteiger partial charge on any atom is 0.287 e. The smallest absolute Gasteiger partial charge is 0.287 e. The summed E-state index contributed by atoms with van der Waals surface area (Å²) >= 11 is 12.3. The lowest BCUT2D eigenvalue weighted by Gasteiger charge is -2.35. The first-order chi connectivity index (χ1) is 12.7. The van der Waals surface area contributed by atoms with Crippen LogP contribution in [0.2, 0.25) is 0 Å². The molecule has 1 amide bonds. The predicted molar refractivity (Wildman–Crippen MR) is 112 cm³/mol. The Morgan fingerprint density at radius 2 is 1.61 bits per heavy atom. The quantitative estimate of drug-likeness (QED) is 0.305. The van der Waals surface area contributed by atoms with Crippen molar-refractivity contribution in [2.24, 2.45) is 0 Å². The van der Waals surface area contributed by atoms with Gasteiger partial charge in [0.05, 0.1) is 11.1 Å². The summed E-state index contributed by atoms with van der Waals surface area (Å²) in [5.74, 6) is -1.67. The Hall–Kier alpha value is -1.66. The molecule has 0 fully saturated rings. The first kappa shape index (κ1) is 24.4. The van der Waals surface area contributed by atoms with Crippen LogP contribution < -0.4 is 0 Å². The highest BCUT2D eigenvalue weighted by atomic mass is 35.5. The molecule has 2 aromatic rings. The van der Waals surface area contributed by atoms with Gasteiger partial charge in [-0.25, -0.2) is 4.39 Å². The zero-order chi connectivity index (χ0) is 20.2. The lowest BCUT2D eigenvalue weighted by atomic mass is 9.94. The zero-order valence-electron chi connectivity index (χ0n) is 15.8. The number of nitrogens with zero attached hydrogens (tertiary/aromatic N) is 2. The molecule has 2 rings (SSSR count). The third-order valence-electron chi connectivity index (χ3n) is 4.20. The van der Waals surface area contributed by atoms with Crippen molar-refractivity contribution in [3.8, 4) is 0 Å². The van der Waals surface area contributed by atoms with Gasteiger partial charge in [0, 0.05) is 35.5 Å². The van der Waals surface area contributed by atoms with E-state index in [4.69, 9.17) is 23.6 Å². The third kappa shape index (κ3) is 5.67. The Labute approximate surface area is 180 Å². The minimum atomic E-state index is -0.995. The van der Waals surface area contributed by atoms with Crippen LogP contribution in [0.15, 0.2) is 48.5 Å². The Kier molecular flexibility index (Phi) is 8.89. The Morgan fingerprint density at radius 3 is 2.14 bits per heavy atom. The van der Waals surface area contributed by atoms with Crippen molar-refractivity contribution in [2.75, 3.05) is 0 Å². The number of halogens is 4. The molecule has 0 radical (unpaired) electrons. The van der Waals surface area contributed by atoms with Crippen LogP contribution in [0.25, 0.3) is 0 Å². The van der Waals surface area contributed by atoms with Crippen LogP contribution in [0, 0.1) is 5.82 Å². The lowest BCUT2D eigenvalue weighted by molar-refractivity contribution is 0.0370. The molecule has 0 spiro atoms. The molecule has 0 atom stereocenters. The normalized spacial score (nSPS) is 11.1. The second-order valence-electron chi connectivity index (χ2n) is 6.77. The van der Waals surface area contributed by atoms with E-state index in [0.717, 1.165) is 22.6 Å². The highest BCUT2D eigenvalue weighted by Gasteiger charge is 2.36. The van der Waals surface area contributed by atoms with E-state index >= 15 is 0 Å². The van der Waals surface area contributed by atoms with Crippen molar-refractivity contribution in [3.05, 3.63) is 71.0 Å². The number of hydrogen-bond donors (Lipinski definition) is 0. The van der Waals surface area contributed by atoms with Gasteiger partial charge in [-0.2, -0.15) is 4.53 Å². The van der Waals surface area contributed by atoms with Crippen LogP contribution in [0.5, 0.6) is 0 Å². The SMILES string of the molecule is CCc1ccc(C(=O)CC(C)(C)N(Cl)N(Cl)C(=O)c2ccccc2F)cc1.Cl. The highest BCUT2D eigenvalue weighted by molar-refractivity contribution is 6.27. The molecule has 4 nitrogen and oxygen atoms in total. The number of carbonyl (C=O) groups is 2. The van der Waals surface area contributed by atoms with Gasteiger partial charge in [0.15, 0.2) is 5.78 Å². The molecule has 152 valence electrons. The summed E-state index contributed by atoms with van der Waals surface area (Å²) in [5.41, 5.74) is 0.472. The van der Waals surface area contributed by atoms with Crippen LogP contribution in [0.1, 0.15) is 53.5 Å². The van der Waals surface area contributed by atoms with Crippen LogP contribution in [-0.2, 0) is 6.42 Å². The number of ketones is 1. The summed E-state index contributed by atoms with van der Waals surface area (Å²) in [7, 11) is 0. The standard InChI is InChI=1S/C20H21Cl2FN2O2.ClH/c1-4-14-9-11-15(12-10-14)18(26)13-20(2,3)25(22)24(21)19(27)16-7-5-6-8-17(16)23;/h5-12H,4,13H2,1-3H3;1H. The Morgan fingerprint density at radius 1 is 1.04 bits per heavy atom. The summed E-state index contributed by atoms with van der Waals surface area (Å²) in [6.45, 7) is 5.37. The molecule has 0 saturated carbocycles. The summed E-state index contributed by atoms with van der Waals surface area (Å²) < 4.78 is 15.3. The fraction of sp³-hybridized carbons (Fsp3) is 0.300. The average Bonchev–Trinajstić information content (AvgIpc) is 2.66. The molecule has 8 heteroatoms. The van der Waals surface area contributed by atoms with Gasteiger partial charge in [-0.05, 0) is 38.0 Å². The number of Topliss-reactive ketones (excluding diaryl/α,β-unsaturated/α-hetero) is 1. The lowest BCUT2D eigenvalue weighted by Crippen LogP contribution is -2.48. The number of rotatable bonds is 7. The predicted octanol–water partition coefficient (Wildman–Crippen LogP) is 5.83. The summed E-state index contributed by atoms with van der Waals surface area (Å²) in [5, 5.41) is 0. The molecular weight excluding hydrogens is 426 g/mol. The average molecular weight is 448 g/mol. The number of amides is 1. The van der Waals surface area contributed by atoms with E-state index in [-0.39, 0.29) is 30.2 Å². The van der Waals surface area contributed by atoms with Crippen LogP contribution in [0.3, 0.4) is 0 Å². The van der Waals surface area contributed by atoms with Gasteiger partial charge in [-0.1, -0.05) is 43.3 Å². The molecule has 0 aliphatic rings. The largest absolute Gasteiger partial charge is 0.294 e. The molecular formula is C20H22Cl3FN2O2. The Bertz CT molecular complexity index is 828. The van der Waals surface area contributed by atoms with Gasteiger partial charge in [0.1, 0.15) is 5.82 Å². The highest BCUT2D eigenvalue weighted by Crippen LogP contribution is 2.28. The first-order valence-electron chi connectivity index (χ1n) is 8.50. The van der Waals surface area contributed by atoms with Gasteiger partial charge in [-0.15, -0.1) is 16.9 Å². The molecule has 0 N–H and O–H groups in total. The van der Waals surface area contributed by atoms with Crippen LogP contribution >= 0.6 is 36.0 Å². The zero-order valence-corrected chi connectivity index (χ0v) is 18.1. The van der Waals surface area contributed by atoms with Gasteiger partial charge >= 0.3 is 0 Å². The van der Waals surface area contributed by atoms with Gasteiger partial charge in [-0.3, -0.25) is 9.59 Å². The monoisotopic (exact) mass is 446 g/mol. The molecule has 2 aromatic carbocycles. The minimum Gasteiger partial charge on any atom is -0.294 e. The maximum atomic E-state index is 13.8. The molecule has 0 heterocycles. The maximum absolute atomic E-state index is 13.8. The van der Waals surface area contributed by atoms with Crippen molar-refractivity contribution >= 4 is 47.7 Å². The molecule has 0 unspecified atom stereocenters. The van der Waals surface area contributed by atoms with Crippen LogP contribution in [0.4, 0.5) is 4.39 Å². The Balaban J connectivity index is 0.00000392. The van der Waals surface area contributed by atoms with E-state index in [1.807, 2.05) is 19.1 Å². The first-order valence-corrected chi connectivity index (χ1v) is 9.18. The number of hydrazine groups is 1. The molecule has 28 heavy (non-hydrogen) atoms. The number of carbonyl (C=O) groups excluding carboxylic acids is 2. The molecule has 0 saturated heterocycles. The van der Waals surface area contributed by atoms with E-state index < -0.39 is 17.3 Å². The van der Waals surface area contributed by atoms with Gasteiger partial charge in [0.25, 0.3) is 5.91 Å². The topological polar surface area (TPSA) is 40.6 Å². The van der Waals surface area contributed by atoms with E-state index in [1.54, 1.807) is 26.0 Å². The summed E-state index contributed by atoms with van der Waals surface area (Å²) in [4.78, 5) is 25.0. The van der Waals surface area contributed by atoms with E-state index in [0.29, 0.717) is 10.1 Å². The van der Waals surface area contributed by atoms with Crippen molar-refractivity contribution in [2.45, 2.75) is 39.2 Å². The summed E-state index contributed by atoms with van der Waals surface area (Å²) in [6, 6.07) is 12.8. The van der Waals surface area contributed by atoms with Gasteiger partial charge < -0.3 is 0 Å². The van der Waals surface area contributed by atoms with E-state index in [2.05, 4.69) is 0 Å². The third-order valence-corrected chi connectivity index (χ3v) is 5.19. The van der Waals surface area contributed by atoms with Crippen molar-refractivity contribution in [3.63, 3.8) is 0 Å². The molecule has 0 aromatic heterocycles. The number of benzene rings is 2. The van der Waals surface area contributed by atoms with Crippen molar-refractivity contribution in [1.29, 1.82) is 0 Å². The second-order valence-corrected chi connectivity index (χ2v) is 7.41. The fourth-order valence-corrected chi connectivity index (χ4v) is 2.96. The van der Waals surface area contributed by atoms with Gasteiger partial charge in [0.2, 0.25) is 0 Å². The van der Waals surface area contributed by atoms with Crippen molar-refractivity contribution < 1.29 is 14.0 Å². The fourth-order valence-electron chi connectivity index (χ4n) is 2.54. The number of aryl methyl sites for hydroxylation is 1.